The maximum atomic E-state index is 13.4. The van der Waals surface area contributed by atoms with Crippen LogP contribution >= 0.6 is 23.1 Å². The Morgan fingerprint density at radius 1 is 1.20 bits per heavy atom. The third-order valence-electron chi connectivity index (χ3n) is 8.15. The van der Waals surface area contributed by atoms with E-state index in [1.54, 1.807) is 23.9 Å². The van der Waals surface area contributed by atoms with Crippen LogP contribution in [0, 0.1) is 29.6 Å². The number of likely N-dealkylation sites (tertiary alicyclic amines) is 1. The Bertz CT molecular complexity index is 1300. The molecule has 1 saturated heterocycles. The number of carbonyl (C=O) groups is 3. The summed E-state index contributed by atoms with van der Waals surface area (Å²) in [5.74, 6) is -1.82. The average Bonchev–Trinajstić information content (AvgIpc) is 3.54. The number of benzene rings is 1. The molecule has 1 aromatic carbocycles. The van der Waals surface area contributed by atoms with E-state index in [4.69, 9.17) is 9.84 Å². The molecule has 3 heterocycles. The van der Waals surface area contributed by atoms with Gasteiger partial charge in [0, 0.05) is 29.0 Å². The first-order valence-corrected chi connectivity index (χ1v) is 13.3. The molecule has 3 N–H and O–H groups in total. The summed E-state index contributed by atoms with van der Waals surface area (Å²) in [7, 11) is 1.49. The van der Waals surface area contributed by atoms with E-state index in [9.17, 15) is 24.3 Å². The summed E-state index contributed by atoms with van der Waals surface area (Å²) >= 11 is 2.79. The number of hydrogen-bond acceptors (Lipinski definition) is 8. The number of phenolic OH excluding ortho intramolecular Hbond substituents is 1. The number of fused-ring (bicyclic) bond motifs is 9. The first-order valence-electron chi connectivity index (χ1n) is 11.6. The van der Waals surface area contributed by atoms with Gasteiger partial charge in [0.25, 0.3) is 0 Å². The summed E-state index contributed by atoms with van der Waals surface area (Å²) in [6.45, 7) is 0.137. The zero-order valence-electron chi connectivity index (χ0n) is 18.8. The number of aromatic hydroxyl groups is 1. The van der Waals surface area contributed by atoms with E-state index >= 15 is 0 Å². The van der Waals surface area contributed by atoms with Crippen molar-refractivity contribution < 1.29 is 29.3 Å². The highest BCUT2D eigenvalue weighted by Crippen LogP contribution is 2.68. The number of amides is 2. The standard InChI is InChI=1S/C24H24N2O7S2/c1-33-13-7-9(4-5-12(13)27)15-16-10-8-11(19(16)34-21-20(15)35-24(32)25-21)18-17(10)22(30)26(23(18)31)6-2-3-14(28)29/h4-5,7,10-11,15-19,27H,2-3,6,8H2,1H3,(H,25,32)(H,28,29)/t10-,11+,15-,16+,17+,18+,19-/m0/s1. The molecule has 9 nitrogen and oxygen atoms in total. The number of aromatic amines is 1. The lowest BCUT2D eigenvalue weighted by atomic mass is 9.68. The van der Waals surface area contributed by atoms with Gasteiger partial charge < -0.3 is 19.9 Å². The van der Waals surface area contributed by atoms with Crippen molar-refractivity contribution in [2.24, 2.45) is 29.6 Å². The van der Waals surface area contributed by atoms with Crippen LogP contribution < -0.4 is 9.61 Å². The minimum atomic E-state index is -0.945. The lowest BCUT2D eigenvalue weighted by molar-refractivity contribution is -0.142. The maximum absolute atomic E-state index is 13.4. The van der Waals surface area contributed by atoms with E-state index in [1.807, 2.05) is 6.07 Å². The van der Waals surface area contributed by atoms with Gasteiger partial charge in [0.15, 0.2) is 11.5 Å². The number of phenols is 1. The molecule has 2 bridgehead atoms. The zero-order valence-corrected chi connectivity index (χ0v) is 20.4. The number of nitrogens with one attached hydrogen (secondary N) is 1. The van der Waals surface area contributed by atoms with Gasteiger partial charge in [-0.25, -0.2) is 0 Å². The van der Waals surface area contributed by atoms with Crippen LogP contribution in [0.5, 0.6) is 11.5 Å². The van der Waals surface area contributed by atoms with Crippen molar-refractivity contribution in [2.75, 3.05) is 13.7 Å². The molecule has 35 heavy (non-hydrogen) atoms. The predicted molar refractivity (Wildman–Crippen MR) is 127 cm³/mol. The first kappa shape index (κ1) is 22.7. The Labute approximate surface area is 208 Å². The van der Waals surface area contributed by atoms with Crippen molar-refractivity contribution in [2.45, 2.75) is 35.5 Å². The van der Waals surface area contributed by atoms with Crippen LogP contribution in [0.4, 0.5) is 0 Å². The van der Waals surface area contributed by atoms with Gasteiger partial charge in [-0.2, -0.15) is 0 Å². The molecule has 4 aliphatic rings. The fraction of sp³-hybridized carbons (Fsp3) is 0.500. The molecule has 3 fully saturated rings. The van der Waals surface area contributed by atoms with Crippen molar-refractivity contribution in [3.05, 3.63) is 38.3 Å². The van der Waals surface area contributed by atoms with E-state index in [0.717, 1.165) is 21.9 Å². The molecule has 0 radical (unpaired) electrons. The highest BCUT2D eigenvalue weighted by molar-refractivity contribution is 8.00. The first-order chi connectivity index (χ1) is 16.8. The fourth-order valence-electron chi connectivity index (χ4n) is 6.95. The zero-order chi connectivity index (χ0) is 24.6. The van der Waals surface area contributed by atoms with Gasteiger partial charge in [-0.15, -0.1) is 11.8 Å². The summed E-state index contributed by atoms with van der Waals surface area (Å²) in [5, 5.41) is 20.0. The average molecular weight is 517 g/mol. The number of thiazole rings is 1. The van der Waals surface area contributed by atoms with E-state index in [2.05, 4.69) is 4.98 Å². The molecule has 6 rings (SSSR count). The van der Waals surface area contributed by atoms with Crippen LogP contribution in [-0.2, 0) is 14.4 Å². The number of nitrogens with zero attached hydrogens (tertiary/aromatic N) is 1. The number of aliphatic carboxylic acids is 1. The number of methoxy groups -OCH3 is 1. The number of carboxylic acids is 1. The largest absolute Gasteiger partial charge is 0.504 e. The fourth-order valence-corrected chi connectivity index (χ4v) is 9.84. The van der Waals surface area contributed by atoms with E-state index in [0.29, 0.717) is 5.75 Å². The Hall–Kier alpha value is -2.79. The quantitative estimate of drug-likeness (QED) is 0.498. The van der Waals surface area contributed by atoms with Gasteiger partial charge in [0.2, 0.25) is 11.8 Å². The number of aromatic nitrogens is 1. The maximum Gasteiger partial charge on any atom is 0.305 e. The lowest BCUT2D eigenvalue weighted by Gasteiger charge is -2.43. The van der Waals surface area contributed by atoms with Gasteiger partial charge in [0.05, 0.1) is 24.0 Å². The Balaban J connectivity index is 1.39. The van der Waals surface area contributed by atoms with Crippen molar-refractivity contribution in [3.8, 4) is 11.5 Å². The molecule has 2 aliphatic carbocycles. The van der Waals surface area contributed by atoms with Gasteiger partial charge in [0.1, 0.15) is 0 Å². The predicted octanol–water partition coefficient (Wildman–Crippen LogP) is 2.49. The Morgan fingerprint density at radius 2 is 1.94 bits per heavy atom. The number of carbonyl (C=O) groups excluding carboxylic acids is 2. The molecule has 0 spiro atoms. The number of H-pyrrole nitrogens is 1. The molecule has 2 saturated carbocycles. The van der Waals surface area contributed by atoms with Crippen molar-refractivity contribution in [3.63, 3.8) is 0 Å². The second-order valence-electron chi connectivity index (χ2n) is 9.72. The van der Waals surface area contributed by atoms with Crippen LogP contribution in [0.3, 0.4) is 0 Å². The van der Waals surface area contributed by atoms with Crippen molar-refractivity contribution >= 4 is 40.9 Å². The van der Waals surface area contributed by atoms with E-state index in [-0.39, 0.29) is 76.7 Å². The van der Waals surface area contributed by atoms with Crippen molar-refractivity contribution in [1.29, 1.82) is 0 Å². The molecular weight excluding hydrogens is 492 g/mol. The summed E-state index contributed by atoms with van der Waals surface area (Å²) < 4.78 is 5.34. The third-order valence-corrected chi connectivity index (χ3v) is 10.7. The van der Waals surface area contributed by atoms with Crippen LogP contribution in [0.2, 0.25) is 0 Å². The van der Waals surface area contributed by atoms with Crippen molar-refractivity contribution in [1.82, 2.24) is 9.88 Å². The summed E-state index contributed by atoms with van der Waals surface area (Å²) in [6, 6.07) is 5.22. The van der Waals surface area contributed by atoms with Crippen LogP contribution in [0.1, 0.15) is 35.6 Å². The Morgan fingerprint density at radius 3 is 2.66 bits per heavy atom. The number of ether oxygens (including phenoxy) is 1. The molecule has 11 heteroatoms. The summed E-state index contributed by atoms with van der Waals surface area (Å²) in [6.07, 6.45) is 0.944. The number of thioether (sulfide) groups is 1. The number of hydrogen-bond donors (Lipinski definition) is 3. The molecule has 2 aromatic rings. The normalized spacial score (nSPS) is 32.5. The van der Waals surface area contributed by atoms with Crippen LogP contribution in [-0.4, -0.2) is 56.8 Å². The molecule has 2 aliphatic heterocycles. The molecule has 0 unspecified atom stereocenters. The van der Waals surface area contributed by atoms with Crippen LogP contribution in [0.25, 0.3) is 0 Å². The van der Waals surface area contributed by atoms with Gasteiger partial charge >= 0.3 is 10.8 Å². The third kappa shape index (κ3) is 3.27. The molecule has 1 aromatic heterocycles. The number of imide groups is 1. The van der Waals surface area contributed by atoms with Gasteiger partial charge in [-0.1, -0.05) is 17.4 Å². The summed E-state index contributed by atoms with van der Waals surface area (Å²) in [5.41, 5.74) is 0.908. The number of rotatable bonds is 6. The molecule has 7 atom stereocenters. The topological polar surface area (TPSA) is 137 Å². The van der Waals surface area contributed by atoms with Crippen LogP contribution in [0.15, 0.2) is 28.0 Å². The minimum absolute atomic E-state index is 0.0130. The molecule has 184 valence electrons. The highest BCUT2D eigenvalue weighted by atomic mass is 32.2. The molecule has 2 amide bonds. The smallest absolute Gasteiger partial charge is 0.305 e. The second-order valence-corrected chi connectivity index (χ2v) is 11.9. The van der Waals surface area contributed by atoms with Gasteiger partial charge in [-0.3, -0.25) is 24.1 Å². The second kappa shape index (κ2) is 8.12. The van der Waals surface area contributed by atoms with E-state index < -0.39 is 11.9 Å². The molecular formula is C24H24N2O7S2. The monoisotopic (exact) mass is 516 g/mol. The number of carboxylic acid groups (broad SMARTS) is 1. The Kier molecular flexibility index (Phi) is 5.26. The van der Waals surface area contributed by atoms with E-state index in [1.165, 1.54) is 23.3 Å². The SMILES string of the molecule is COc1cc([C@@H]2c3sc(=O)[nH]c3S[C@H]3[C@@H]4C[C@H]([C@H]5C(=O)N(CCCC(=O)O)C(=O)[C@H]45)[C@H]23)ccc1O. The lowest BCUT2D eigenvalue weighted by Crippen LogP contribution is -2.42. The summed E-state index contributed by atoms with van der Waals surface area (Å²) in [4.78, 5) is 55.0. The minimum Gasteiger partial charge on any atom is -0.504 e. The highest BCUT2D eigenvalue weighted by Gasteiger charge is 2.69. The van der Waals surface area contributed by atoms with Gasteiger partial charge in [-0.05, 0) is 48.3 Å².